The van der Waals surface area contributed by atoms with Crippen molar-refractivity contribution in [3.63, 3.8) is 0 Å². The summed E-state index contributed by atoms with van der Waals surface area (Å²) in [5, 5.41) is 2.87. The molecule has 2 rings (SSSR count). The Hall–Kier alpha value is -1.62. The molecule has 0 aromatic heterocycles. The predicted molar refractivity (Wildman–Crippen MR) is 70.3 cm³/mol. The van der Waals surface area contributed by atoms with Crippen molar-refractivity contribution in [2.24, 2.45) is 5.73 Å². The molecule has 1 heterocycles. The zero-order valence-corrected chi connectivity index (χ0v) is 11.2. The number of carbonyl (C=O) groups is 1. The summed E-state index contributed by atoms with van der Waals surface area (Å²) in [4.78, 5) is 12.0. The number of benzene rings is 1. The van der Waals surface area contributed by atoms with Gasteiger partial charge in [-0.3, -0.25) is 4.79 Å². The molecule has 4 nitrogen and oxygen atoms in total. The third kappa shape index (κ3) is 3.04. The molecule has 0 spiro atoms. The van der Waals surface area contributed by atoms with E-state index in [0.29, 0.717) is 18.6 Å². The molecule has 104 valence electrons. The minimum Gasteiger partial charge on any atom is -0.490 e. The highest BCUT2D eigenvalue weighted by Crippen LogP contribution is 2.33. The molecule has 0 saturated carbocycles. The molecule has 1 aliphatic rings. The van der Waals surface area contributed by atoms with E-state index in [4.69, 9.17) is 10.5 Å². The number of hydrogen-bond acceptors (Lipinski definition) is 3. The zero-order chi connectivity index (χ0) is 14.0. The Kier molecular flexibility index (Phi) is 3.75. The molecule has 0 saturated heterocycles. The van der Waals surface area contributed by atoms with Crippen molar-refractivity contribution in [2.45, 2.75) is 38.3 Å². The minimum absolute atomic E-state index is 0.236. The quantitative estimate of drug-likeness (QED) is 0.859. The number of hydrogen-bond donors (Lipinski definition) is 2. The lowest BCUT2D eigenvalue weighted by atomic mass is 9.99. The van der Waals surface area contributed by atoms with Gasteiger partial charge in [-0.05, 0) is 32.8 Å². The van der Waals surface area contributed by atoms with Crippen LogP contribution in [0.3, 0.4) is 0 Å². The number of rotatable bonds is 2. The lowest BCUT2D eigenvalue weighted by molar-refractivity contribution is -0.126. The molecular formula is C14H19FN2O2. The number of nitrogens with two attached hydrogens (primary N) is 1. The fourth-order valence-corrected chi connectivity index (χ4v) is 2.06. The number of carbonyl (C=O) groups excluding carboxylic acids is 1. The summed E-state index contributed by atoms with van der Waals surface area (Å²) in [5.74, 6) is -0.416. The van der Waals surface area contributed by atoms with E-state index in [0.717, 1.165) is 6.42 Å². The van der Waals surface area contributed by atoms with Crippen molar-refractivity contribution < 1.29 is 13.9 Å². The molecule has 5 heteroatoms. The van der Waals surface area contributed by atoms with Gasteiger partial charge in [0.05, 0.1) is 18.2 Å². The van der Waals surface area contributed by atoms with E-state index in [1.165, 1.54) is 6.07 Å². The molecule has 1 amide bonds. The summed E-state index contributed by atoms with van der Waals surface area (Å²) in [6, 6.07) is 4.49. The molecule has 3 N–H and O–H groups in total. The van der Waals surface area contributed by atoms with Crippen LogP contribution in [0.1, 0.15) is 38.3 Å². The van der Waals surface area contributed by atoms with Crippen molar-refractivity contribution in [3.8, 4) is 5.75 Å². The van der Waals surface area contributed by atoms with Gasteiger partial charge in [-0.15, -0.1) is 0 Å². The van der Waals surface area contributed by atoms with Crippen molar-refractivity contribution >= 4 is 5.91 Å². The van der Waals surface area contributed by atoms with Crippen LogP contribution in [0.4, 0.5) is 4.39 Å². The van der Waals surface area contributed by atoms with Gasteiger partial charge in [0.1, 0.15) is 0 Å². The van der Waals surface area contributed by atoms with Crippen LogP contribution in [0.15, 0.2) is 18.2 Å². The maximum absolute atomic E-state index is 13.7. The van der Waals surface area contributed by atoms with Crippen molar-refractivity contribution in [3.05, 3.63) is 29.6 Å². The van der Waals surface area contributed by atoms with Crippen molar-refractivity contribution in [1.82, 2.24) is 5.32 Å². The van der Waals surface area contributed by atoms with Crippen LogP contribution in [0, 0.1) is 5.82 Å². The third-order valence-electron chi connectivity index (χ3n) is 3.15. The van der Waals surface area contributed by atoms with Crippen LogP contribution in [0.25, 0.3) is 0 Å². The van der Waals surface area contributed by atoms with Gasteiger partial charge in [-0.1, -0.05) is 12.1 Å². The van der Waals surface area contributed by atoms with Gasteiger partial charge in [0, 0.05) is 5.56 Å². The summed E-state index contributed by atoms with van der Waals surface area (Å²) in [7, 11) is 0. The van der Waals surface area contributed by atoms with Gasteiger partial charge in [-0.2, -0.15) is 0 Å². The van der Waals surface area contributed by atoms with Gasteiger partial charge in [0.25, 0.3) is 0 Å². The highest BCUT2D eigenvalue weighted by molar-refractivity contribution is 5.85. The first-order chi connectivity index (χ1) is 8.89. The second-order valence-electron chi connectivity index (χ2n) is 5.40. The van der Waals surface area contributed by atoms with Gasteiger partial charge in [0.15, 0.2) is 11.6 Å². The normalized spacial score (nSPS) is 19.1. The number of amides is 1. The first kappa shape index (κ1) is 13.8. The maximum Gasteiger partial charge on any atom is 0.239 e. The first-order valence-corrected chi connectivity index (χ1v) is 6.40. The number of fused-ring (bicyclic) bond motifs is 1. The Balaban J connectivity index is 2.28. The largest absolute Gasteiger partial charge is 0.490 e. The summed E-state index contributed by atoms with van der Waals surface area (Å²) in [6.07, 6.45) is 1.46. The number of ether oxygens (including phenoxy) is 1. The van der Waals surface area contributed by atoms with Crippen molar-refractivity contribution in [1.29, 1.82) is 0 Å². The Bertz CT molecular complexity index is 483. The molecule has 19 heavy (non-hydrogen) atoms. The molecule has 1 aliphatic heterocycles. The molecule has 0 aliphatic carbocycles. The Morgan fingerprint density at radius 3 is 2.95 bits per heavy atom. The summed E-state index contributed by atoms with van der Waals surface area (Å²) in [5.41, 5.74) is 5.49. The number of halogens is 1. The fourth-order valence-electron chi connectivity index (χ4n) is 2.06. The highest BCUT2D eigenvalue weighted by Gasteiger charge is 2.28. The zero-order valence-electron chi connectivity index (χ0n) is 11.2. The smallest absolute Gasteiger partial charge is 0.239 e. The van der Waals surface area contributed by atoms with E-state index in [-0.39, 0.29) is 17.7 Å². The van der Waals surface area contributed by atoms with Crippen LogP contribution in [-0.2, 0) is 4.79 Å². The first-order valence-electron chi connectivity index (χ1n) is 6.40. The van der Waals surface area contributed by atoms with Crippen LogP contribution >= 0.6 is 0 Å². The lowest BCUT2D eigenvalue weighted by Crippen LogP contribution is -2.50. The maximum atomic E-state index is 13.7. The second-order valence-corrected chi connectivity index (χ2v) is 5.40. The molecule has 1 atom stereocenters. The summed E-state index contributed by atoms with van der Waals surface area (Å²) < 4.78 is 19.2. The highest BCUT2D eigenvalue weighted by atomic mass is 19.1. The molecule has 0 radical (unpaired) electrons. The van der Waals surface area contributed by atoms with Crippen LogP contribution in [0.5, 0.6) is 5.75 Å². The number of para-hydroxylation sites is 1. The van der Waals surface area contributed by atoms with Crippen LogP contribution < -0.4 is 15.8 Å². The van der Waals surface area contributed by atoms with E-state index in [2.05, 4.69) is 5.32 Å². The van der Waals surface area contributed by atoms with E-state index >= 15 is 0 Å². The SMILES string of the molecule is CC(C)(N)C(=O)NC1CCCOc2c(F)cccc21. The van der Waals surface area contributed by atoms with Gasteiger partial charge in [0.2, 0.25) is 5.91 Å². The molecule has 0 fully saturated rings. The topological polar surface area (TPSA) is 64.4 Å². The average Bonchev–Trinajstić information content (AvgIpc) is 2.52. The average molecular weight is 266 g/mol. The molecular weight excluding hydrogens is 247 g/mol. The van der Waals surface area contributed by atoms with E-state index in [1.54, 1.807) is 26.0 Å². The molecule has 1 unspecified atom stereocenters. The second kappa shape index (κ2) is 5.17. The van der Waals surface area contributed by atoms with E-state index in [1.807, 2.05) is 0 Å². The predicted octanol–water partition coefficient (Wildman–Crippen LogP) is 1.89. The van der Waals surface area contributed by atoms with Crippen molar-refractivity contribution in [2.75, 3.05) is 6.61 Å². The van der Waals surface area contributed by atoms with Gasteiger partial charge < -0.3 is 15.8 Å². The Morgan fingerprint density at radius 2 is 2.26 bits per heavy atom. The summed E-state index contributed by atoms with van der Waals surface area (Å²) in [6.45, 7) is 3.73. The van der Waals surface area contributed by atoms with Crippen LogP contribution in [0.2, 0.25) is 0 Å². The molecule has 1 aromatic rings. The van der Waals surface area contributed by atoms with Gasteiger partial charge >= 0.3 is 0 Å². The fraction of sp³-hybridized carbons (Fsp3) is 0.500. The standard InChI is InChI=1S/C14H19FN2O2/c1-14(2,16)13(18)17-11-7-4-8-19-12-9(11)5-3-6-10(12)15/h3,5-6,11H,4,7-8,16H2,1-2H3,(H,17,18). The number of nitrogens with one attached hydrogen (secondary N) is 1. The van der Waals surface area contributed by atoms with Gasteiger partial charge in [-0.25, -0.2) is 4.39 Å². The summed E-state index contributed by atoms with van der Waals surface area (Å²) >= 11 is 0. The molecule has 1 aromatic carbocycles. The van der Waals surface area contributed by atoms with Crippen LogP contribution in [-0.4, -0.2) is 18.1 Å². The molecule has 0 bridgehead atoms. The third-order valence-corrected chi connectivity index (χ3v) is 3.15. The van der Waals surface area contributed by atoms with E-state index in [9.17, 15) is 9.18 Å². The lowest BCUT2D eigenvalue weighted by Gasteiger charge is -2.24. The monoisotopic (exact) mass is 266 g/mol. The minimum atomic E-state index is -0.958. The Morgan fingerprint density at radius 1 is 1.53 bits per heavy atom. The van der Waals surface area contributed by atoms with E-state index < -0.39 is 11.4 Å². The Labute approximate surface area is 112 Å².